The Hall–Kier alpha value is -8.74. The maximum absolute atomic E-state index is 5.19. The van der Waals surface area contributed by atoms with Crippen LogP contribution in [0.1, 0.15) is 0 Å². The molecule has 0 aliphatic heterocycles. The summed E-state index contributed by atoms with van der Waals surface area (Å²) < 4.78 is 0. The largest absolute Gasteiger partial charge is 0.248 e. The Morgan fingerprint density at radius 1 is 0.203 bits per heavy atom. The van der Waals surface area contributed by atoms with Crippen molar-refractivity contribution in [2.45, 2.75) is 0 Å². The van der Waals surface area contributed by atoms with Crippen molar-refractivity contribution in [1.82, 2.24) is 29.9 Å². The molecule has 0 atom stereocenters. The van der Waals surface area contributed by atoms with E-state index in [2.05, 4.69) is 152 Å². The van der Waals surface area contributed by atoms with E-state index in [4.69, 9.17) is 29.9 Å². The van der Waals surface area contributed by atoms with E-state index in [0.717, 1.165) is 111 Å². The molecule has 0 saturated heterocycles. The fourth-order valence-corrected chi connectivity index (χ4v) is 8.47. The van der Waals surface area contributed by atoms with Gasteiger partial charge in [0.15, 0.2) is 5.82 Å². The van der Waals surface area contributed by atoms with E-state index in [1.165, 1.54) is 0 Å². The summed E-state index contributed by atoms with van der Waals surface area (Å²) in [5.74, 6) is 0.578. The minimum Gasteiger partial charge on any atom is -0.248 e. The first-order valence-electron chi connectivity index (χ1n) is 21.3. The highest BCUT2D eigenvalue weighted by Gasteiger charge is 2.14. The van der Waals surface area contributed by atoms with Gasteiger partial charge in [-0.2, -0.15) is 0 Å². The lowest BCUT2D eigenvalue weighted by molar-refractivity contribution is 1.16. The first-order valence-corrected chi connectivity index (χ1v) is 21.3. The summed E-state index contributed by atoms with van der Waals surface area (Å²) in [6, 6.07) is 75.2. The number of hydrogen-bond donors (Lipinski definition) is 0. The molecule has 5 aromatic heterocycles. The molecular weight excluding hydrogens is 781 g/mol. The first-order chi connectivity index (χ1) is 31.6. The van der Waals surface area contributed by atoms with Gasteiger partial charge in [-0.25, -0.2) is 29.9 Å². The van der Waals surface area contributed by atoms with Gasteiger partial charge < -0.3 is 0 Å². The lowest BCUT2D eigenvalue weighted by Crippen LogP contribution is -1.97. The van der Waals surface area contributed by atoms with Crippen molar-refractivity contribution in [3.05, 3.63) is 218 Å². The topological polar surface area (TPSA) is 77.3 Å². The maximum Gasteiger partial charge on any atom is 0.179 e. The van der Waals surface area contributed by atoms with Gasteiger partial charge in [-0.15, -0.1) is 0 Å². The van der Waals surface area contributed by atoms with Gasteiger partial charge in [0.05, 0.1) is 50.5 Å². The van der Waals surface area contributed by atoms with Crippen LogP contribution in [0, 0.1) is 0 Å². The molecule has 298 valence electrons. The van der Waals surface area contributed by atoms with Crippen molar-refractivity contribution in [2.75, 3.05) is 0 Å². The Balaban J connectivity index is 0.850. The zero-order valence-electron chi connectivity index (χ0n) is 34.5. The van der Waals surface area contributed by atoms with Crippen molar-refractivity contribution in [3.8, 4) is 78.9 Å². The molecule has 0 amide bonds. The van der Waals surface area contributed by atoms with Crippen molar-refractivity contribution in [1.29, 1.82) is 0 Å². The molecule has 0 saturated carbocycles. The predicted molar refractivity (Wildman–Crippen MR) is 261 cm³/mol. The average Bonchev–Trinajstić information content (AvgIpc) is 3.38. The zero-order chi connectivity index (χ0) is 42.4. The van der Waals surface area contributed by atoms with Gasteiger partial charge in [-0.3, -0.25) is 0 Å². The fraction of sp³-hybridized carbons (Fsp3) is 0. The molecular formula is C58H36N6. The Labute approximate surface area is 369 Å². The molecule has 0 aliphatic rings. The summed E-state index contributed by atoms with van der Waals surface area (Å²) in [7, 11) is 0. The Kier molecular flexibility index (Phi) is 9.05. The minimum atomic E-state index is 0.578. The third-order valence-electron chi connectivity index (χ3n) is 11.9. The molecule has 5 heterocycles. The van der Waals surface area contributed by atoms with Crippen molar-refractivity contribution >= 4 is 43.6 Å². The van der Waals surface area contributed by atoms with Gasteiger partial charge in [0.2, 0.25) is 0 Å². The second-order valence-electron chi connectivity index (χ2n) is 15.9. The van der Waals surface area contributed by atoms with Gasteiger partial charge >= 0.3 is 0 Å². The van der Waals surface area contributed by atoms with Crippen molar-refractivity contribution in [2.24, 2.45) is 0 Å². The molecule has 0 N–H and O–H groups in total. The molecule has 64 heavy (non-hydrogen) atoms. The standard InChI is InChI=1S/C58H36N6/c1-4-10-38(11-5-1)48-31-28-44-22-23-45-29-32-49(62-57(45)56(44)61-48)41-18-16-37(17-19-41)46-24-20-42-26-30-50(59-52(42)34-46)47-25-21-43-27-33-51(60-53(43)35-47)58-63-54(39-12-6-2-7-13-39)36-55(64-58)40-14-8-3-9-15-40/h1-36H. The van der Waals surface area contributed by atoms with Gasteiger partial charge in [0, 0.05) is 49.4 Å². The molecule has 0 unspecified atom stereocenters. The van der Waals surface area contributed by atoms with E-state index < -0.39 is 0 Å². The van der Waals surface area contributed by atoms with E-state index >= 15 is 0 Å². The lowest BCUT2D eigenvalue weighted by Gasteiger charge is -2.10. The van der Waals surface area contributed by atoms with Crippen LogP contribution < -0.4 is 0 Å². The molecule has 0 fully saturated rings. The molecule has 0 aliphatic carbocycles. The van der Waals surface area contributed by atoms with Gasteiger partial charge in [-0.05, 0) is 53.6 Å². The number of fused-ring (bicyclic) bond motifs is 5. The lowest BCUT2D eigenvalue weighted by atomic mass is 10.00. The zero-order valence-corrected chi connectivity index (χ0v) is 34.5. The van der Waals surface area contributed by atoms with E-state index in [-0.39, 0.29) is 0 Å². The number of rotatable bonds is 7. The average molecular weight is 817 g/mol. The third kappa shape index (κ3) is 6.99. The van der Waals surface area contributed by atoms with Gasteiger partial charge in [-0.1, -0.05) is 176 Å². The van der Waals surface area contributed by atoms with E-state index in [0.29, 0.717) is 11.5 Å². The molecule has 12 aromatic rings. The van der Waals surface area contributed by atoms with E-state index in [1.807, 2.05) is 66.7 Å². The van der Waals surface area contributed by atoms with Crippen LogP contribution in [0.25, 0.3) is 123 Å². The second kappa shape index (κ2) is 15.6. The van der Waals surface area contributed by atoms with Gasteiger partial charge in [0.25, 0.3) is 0 Å². The van der Waals surface area contributed by atoms with E-state index in [1.54, 1.807) is 0 Å². The summed E-state index contributed by atoms with van der Waals surface area (Å²) >= 11 is 0. The van der Waals surface area contributed by atoms with Crippen LogP contribution in [0.15, 0.2) is 218 Å². The molecule has 6 nitrogen and oxygen atoms in total. The third-order valence-corrected chi connectivity index (χ3v) is 11.9. The van der Waals surface area contributed by atoms with Crippen LogP contribution in [-0.2, 0) is 0 Å². The first kappa shape index (κ1) is 37.1. The molecule has 12 rings (SSSR count). The van der Waals surface area contributed by atoms with Crippen LogP contribution in [0.4, 0.5) is 0 Å². The quantitative estimate of drug-likeness (QED) is 0.149. The number of nitrogens with zero attached hydrogens (tertiary/aromatic N) is 6. The molecule has 7 aromatic carbocycles. The summed E-state index contributed by atoms with van der Waals surface area (Å²) in [6.45, 7) is 0. The van der Waals surface area contributed by atoms with Crippen LogP contribution in [0.5, 0.6) is 0 Å². The highest BCUT2D eigenvalue weighted by Crippen LogP contribution is 2.33. The Morgan fingerprint density at radius 3 is 1.11 bits per heavy atom. The summed E-state index contributed by atoms with van der Waals surface area (Å²) in [5.41, 5.74) is 16.1. The highest BCUT2D eigenvalue weighted by atomic mass is 14.9. The van der Waals surface area contributed by atoms with Crippen LogP contribution >= 0.6 is 0 Å². The molecule has 0 spiro atoms. The number of pyridine rings is 4. The normalized spacial score (nSPS) is 11.4. The van der Waals surface area contributed by atoms with Crippen LogP contribution in [0.3, 0.4) is 0 Å². The molecule has 0 bridgehead atoms. The second-order valence-corrected chi connectivity index (χ2v) is 15.9. The Morgan fingerprint density at radius 2 is 0.562 bits per heavy atom. The van der Waals surface area contributed by atoms with Gasteiger partial charge in [0.1, 0.15) is 5.69 Å². The van der Waals surface area contributed by atoms with Crippen molar-refractivity contribution < 1.29 is 0 Å². The smallest absolute Gasteiger partial charge is 0.179 e. The SMILES string of the molecule is c1ccc(-c2cc(-c3ccccc3)nc(-c3ccc4ccc(-c5ccc6ccc(-c7ccc(-c8ccc9ccc%10ccc(-c%11ccccc%11)nc%10c9n8)cc7)cc6n5)cc4n3)n2)cc1. The number of hydrogen-bond acceptors (Lipinski definition) is 6. The van der Waals surface area contributed by atoms with Crippen molar-refractivity contribution in [3.63, 3.8) is 0 Å². The monoisotopic (exact) mass is 816 g/mol. The van der Waals surface area contributed by atoms with Crippen LogP contribution in [-0.4, -0.2) is 29.9 Å². The van der Waals surface area contributed by atoms with E-state index in [9.17, 15) is 0 Å². The summed E-state index contributed by atoms with van der Waals surface area (Å²) in [5, 5.41) is 4.24. The Bertz CT molecular complexity index is 3650. The summed E-state index contributed by atoms with van der Waals surface area (Å²) in [6.07, 6.45) is 0. The molecule has 0 radical (unpaired) electrons. The maximum atomic E-state index is 5.19. The number of benzene rings is 7. The minimum absolute atomic E-state index is 0.578. The fourth-order valence-electron chi connectivity index (χ4n) is 8.47. The highest BCUT2D eigenvalue weighted by molar-refractivity contribution is 6.04. The summed E-state index contributed by atoms with van der Waals surface area (Å²) in [4.78, 5) is 30.6. The molecule has 6 heteroatoms. The van der Waals surface area contributed by atoms with Crippen LogP contribution in [0.2, 0.25) is 0 Å². The number of aromatic nitrogens is 6. The predicted octanol–water partition coefficient (Wildman–Crippen LogP) is 14.3.